The van der Waals surface area contributed by atoms with Crippen LogP contribution in [0, 0.1) is 28.6 Å². The number of rotatable bonds is 6. The van der Waals surface area contributed by atoms with Crippen LogP contribution in [0.1, 0.15) is 26.2 Å². The molecule has 0 saturated carbocycles. The van der Waals surface area contributed by atoms with E-state index in [4.69, 9.17) is 5.26 Å². The number of aryl methyl sites for hydroxylation is 1. The minimum Gasteiger partial charge on any atom is -0.292 e. The highest BCUT2D eigenvalue weighted by molar-refractivity contribution is 5.76. The van der Waals surface area contributed by atoms with Crippen molar-refractivity contribution in [3.63, 3.8) is 0 Å². The second-order valence-electron chi connectivity index (χ2n) is 5.06. The average molecular weight is 282 g/mol. The molecule has 2 aromatic rings. The molecule has 0 N–H and O–H groups in total. The first-order valence-electron chi connectivity index (χ1n) is 7.17. The molecule has 0 aliphatic carbocycles. The van der Waals surface area contributed by atoms with Crippen LogP contribution in [-0.2, 0) is 13.1 Å². The number of para-hydroxylation sites is 2. The number of imidazole rings is 1. The number of hydrogen-bond donors (Lipinski definition) is 0. The molecule has 0 amide bonds. The molecular weight excluding hydrogens is 264 g/mol. The monoisotopic (exact) mass is 282 g/mol. The summed E-state index contributed by atoms with van der Waals surface area (Å²) in [5, 5.41) is 17.9. The fourth-order valence-corrected chi connectivity index (χ4v) is 2.54. The quantitative estimate of drug-likeness (QED) is 0.817. The molecule has 0 unspecified atom stereocenters. The van der Waals surface area contributed by atoms with Crippen LogP contribution in [-0.4, -0.2) is 9.13 Å². The van der Waals surface area contributed by atoms with E-state index in [1.807, 2.05) is 31.2 Å². The number of benzene rings is 1. The Kier molecular flexibility index (Phi) is 4.79. The molecule has 1 atom stereocenters. The van der Waals surface area contributed by atoms with Gasteiger partial charge in [-0.25, -0.2) is 4.79 Å². The normalized spacial score (nSPS) is 12.0. The van der Waals surface area contributed by atoms with Crippen molar-refractivity contribution in [2.45, 2.75) is 39.3 Å². The van der Waals surface area contributed by atoms with Crippen LogP contribution in [0.25, 0.3) is 11.0 Å². The van der Waals surface area contributed by atoms with E-state index in [-0.39, 0.29) is 11.6 Å². The zero-order valence-electron chi connectivity index (χ0n) is 12.1. The smallest absolute Gasteiger partial charge is 0.292 e. The van der Waals surface area contributed by atoms with E-state index in [0.717, 1.165) is 17.5 Å². The fourth-order valence-electron chi connectivity index (χ4n) is 2.54. The molecule has 0 spiro atoms. The number of hydrogen-bond acceptors (Lipinski definition) is 3. The van der Waals surface area contributed by atoms with E-state index in [1.165, 1.54) is 0 Å². The lowest BCUT2D eigenvalue weighted by Crippen LogP contribution is -2.26. The van der Waals surface area contributed by atoms with Gasteiger partial charge >= 0.3 is 5.69 Å². The minimum atomic E-state index is -0.316. The molecule has 0 radical (unpaired) electrons. The summed E-state index contributed by atoms with van der Waals surface area (Å²) in [6.07, 6.45) is 1.71. The van der Waals surface area contributed by atoms with Gasteiger partial charge in [-0.1, -0.05) is 19.1 Å². The summed E-state index contributed by atoms with van der Waals surface area (Å²) in [4.78, 5) is 12.6. The molecule has 0 aliphatic heterocycles. The van der Waals surface area contributed by atoms with Crippen LogP contribution in [0.15, 0.2) is 29.1 Å². The van der Waals surface area contributed by atoms with Crippen LogP contribution in [0.2, 0.25) is 0 Å². The minimum absolute atomic E-state index is 0.0738. The first kappa shape index (κ1) is 14.9. The van der Waals surface area contributed by atoms with E-state index >= 15 is 0 Å². The van der Waals surface area contributed by atoms with Crippen LogP contribution in [0.5, 0.6) is 0 Å². The summed E-state index contributed by atoms with van der Waals surface area (Å²) in [7, 11) is 0. The van der Waals surface area contributed by atoms with Gasteiger partial charge in [0.1, 0.15) is 0 Å². The lowest BCUT2D eigenvalue weighted by Gasteiger charge is -2.08. The van der Waals surface area contributed by atoms with Crippen molar-refractivity contribution in [3.8, 4) is 12.1 Å². The molecule has 5 heteroatoms. The summed E-state index contributed by atoms with van der Waals surface area (Å²) < 4.78 is 3.42. The molecule has 0 bridgehead atoms. The molecule has 0 saturated heterocycles. The topological polar surface area (TPSA) is 74.5 Å². The Morgan fingerprint density at radius 2 is 1.86 bits per heavy atom. The molecule has 21 heavy (non-hydrogen) atoms. The maximum atomic E-state index is 12.6. The molecule has 108 valence electrons. The lowest BCUT2D eigenvalue weighted by molar-refractivity contribution is 0.499. The van der Waals surface area contributed by atoms with E-state index in [2.05, 4.69) is 12.1 Å². The molecular formula is C16H18N4O. The highest BCUT2D eigenvalue weighted by Gasteiger charge is 2.16. The van der Waals surface area contributed by atoms with Crippen molar-refractivity contribution in [2.24, 2.45) is 5.92 Å². The second kappa shape index (κ2) is 6.76. The number of nitriles is 2. The molecule has 0 aliphatic rings. The van der Waals surface area contributed by atoms with Crippen molar-refractivity contribution >= 4 is 11.0 Å². The van der Waals surface area contributed by atoms with Gasteiger partial charge in [-0.3, -0.25) is 9.13 Å². The molecule has 0 fully saturated rings. The van der Waals surface area contributed by atoms with Crippen molar-refractivity contribution in [1.82, 2.24) is 9.13 Å². The van der Waals surface area contributed by atoms with Crippen molar-refractivity contribution in [3.05, 3.63) is 34.7 Å². The first-order chi connectivity index (χ1) is 10.2. The van der Waals surface area contributed by atoms with Crippen LogP contribution < -0.4 is 5.69 Å². The van der Waals surface area contributed by atoms with Gasteiger partial charge in [-0.2, -0.15) is 10.5 Å². The summed E-state index contributed by atoms with van der Waals surface area (Å²) in [5.74, 6) is -0.316. The fraction of sp³-hybridized carbons (Fsp3) is 0.438. The summed E-state index contributed by atoms with van der Waals surface area (Å²) >= 11 is 0. The number of nitrogens with zero attached hydrogens (tertiary/aromatic N) is 4. The molecule has 5 nitrogen and oxygen atoms in total. The third-order valence-electron chi connectivity index (χ3n) is 3.56. The van der Waals surface area contributed by atoms with Crippen molar-refractivity contribution in [2.75, 3.05) is 0 Å². The first-order valence-corrected chi connectivity index (χ1v) is 7.17. The Labute approximate surface area is 123 Å². The van der Waals surface area contributed by atoms with Crippen molar-refractivity contribution < 1.29 is 0 Å². The SMILES string of the molecule is CCCn1c(=O)n(C[C@H](C#N)CCC#N)c2ccccc21. The third kappa shape index (κ3) is 2.98. The third-order valence-corrected chi connectivity index (χ3v) is 3.56. The van der Waals surface area contributed by atoms with E-state index in [1.54, 1.807) is 9.13 Å². The zero-order valence-corrected chi connectivity index (χ0v) is 12.1. The predicted octanol–water partition coefficient (Wildman–Crippen LogP) is 2.66. The lowest BCUT2D eigenvalue weighted by atomic mass is 10.1. The maximum absolute atomic E-state index is 12.6. The van der Waals surface area contributed by atoms with Gasteiger partial charge in [-0.05, 0) is 25.0 Å². The van der Waals surface area contributed by atoms with Gasteiger partial charge < -0.3 is 0 Å². The van der Waals surface area contributed by atoms with Crippen LogP contribution in [0.4, 0.5) is 0 Å². The van der Waals surface area contributed by atoms with Gasteiger partial charge in [0.05, 0.1) is 29.1 Å². The maximum Gasteiger partial charge on any atom is 0.329 e. The molecule has 1 aromatic heterocycles. The van der Waals surface area contributed by atoms with Crippen molar-refractivity contribution in [1.29, 1.82) is 10.5 Å². The largest absolute Gasteiger partial charge is 0.329 e. The Morgan fingerprint density at radius 1 is 1.19 bits per heavy atom. The Morgan fingerprint density at radius 3 is 2.43 bits per heavy atom. The zero-order chi connectivity index (χ0) is 15.2. The highest BCUT2D eigenvalue weighted by Crippen LogP contribution is 2.16. The summed E-state index contributed by atoms with van der Waals surface area (Å²) in [5.41, 5.74) is 1.68. The number of fused-ring (bicyclic) bond motifs is 1. The Balaban J connectivity index is 2.44. The second-order valence-corrected chi connectivity index (χ2v) is 5.06. The van der Waals surface area contributed by atoms with Gasteiger partial charge in [-0.15, -0.1) is 0 Å². The van der Waals surface area contributed by atoms with Crippen LogP contribution >= 0.6 is 0 Å². The summed E-state index contributed by atoms with van der Waals surface area (Å²) in [6, 6.07) is 11.9. The number of aromatic nitrogens is 2. The van der Waals surface area contributed by atoms with Gasteiger partial charge in [0.25, 0.3) is 0 Å². The molecule has 1 aromatic carbocycles. The standard InChI is InChI=1S/C16H18N4O/c1-2-10-19-14-7-3-4-8-15(14)20(16(19)21)12-13(11-18)6-5-9-17/h3-4,7-8,13H,2,5-6,10,12H2,1H3/t13-/m0/s1. The van der Waals surface area contributed by atoms with Gasteiger partial charge in [0, 0.05) is 19.5 Å². The predicted molar refractivity (Wildman–Crippen MR) is 80.4 cm³/mol. The van der Waals surface area contributed by atoms with E-state index < -0.39 is 0 Å². The summed E-state index contributed by atoms with van der Waals surface area (Å²) in [6.45, 7) is 3.04. The van der Waals surface area contributed by atoms with E-state index in [9.17, 15) is 10.1 Å². The van der Waals surface area contributed by atoms with Gasteiger partial charge in [0.15, 0.2) is 0 Å². The van der Waals surface area contributed by atoms with Crippen LogP contribution in [0.3, 0.4) is 0 Å². The Bertz CT molecular complexity index is 757. The van der Waals surface area contributed by atoms with E-state index in [0.29, 0.717) is 25.9 Å². The Hall–Kier alpha value is -2.53. The highest BCUT2D eigenvalue weighted by atomic mass is 16.1. The average Bonchev–Trinajstić information content (AvgIpc) is 2.77. The molecule has 1 heterocycles. The molecule has 2 rings (SSSR count). The van der Waals surface area contributed by atoms with Gasteiger partial charge in [0.2, 0.25) is 0 Å².